The smallest absolute Gasteiger partial charge is 0.266 e. The summed E-state index contributed by atoms with van der Waals surface area (Å²) in [5.41, 5.74) is 2.84. The molecule has 0 saturated carbocycles. The van der Waals surface area contributed by atoms with E-state index in [1.165, 1.54) is 0 Å². The van der Waals surface area contributed by atoms with Crippen LogP contribution in [0.3, 0.4) is 0 Å². The molecule has 6 heteroatoms. The van der Waals surface area contributed by atoms with Crippen LogP contribution in [0.25, 0.3) is 39.1 Å². The van der Waals surface area contributed by atoms with Crippen molar-refractivity contribution in [1.82, 2.24) is 5.16 Å². The van der Waals surface area contributed by atoms with Crippen LogP contribution in [0.15, 0.2) is 95.0 Å². The predicted molar refractivity (Wildman–Crippen MR) is 131 cm³/mol. The molecule has 0 bridgehead atoms. The first-order chi connectivity index (χ1) is 16.1. The van der Waals surface area contributed by atoms with E-state index in [1.807, 2.05) is 66.7 Å². The van der Waals surface area contributed by atoms with E-state index >= 15 is 0 Å². The van der Waals surface area contributed by atoms with Crippen molar-refractivity contribution in [3.05, 3.63) is 101 Å². The number of hydrogen-bond acceptors (Lipinski definition) is 4. The summed E-state index contributed by atoms with van der Waals surface area (Å²) < 4.78 is 5.54. The number of aromatic nitrogens is 1. The van der Waals surface area contributed by atoms with Crippen molar-refractivity contribution in [1.29, 1.82) is 5.26 Å². The molecular formula is C27H16ClN3O2. The van der Waals surface area contributed by atoms with Crippen molar-refractivity contribution in [3.8, 4) is 17.4 Å². The Bertz CT molecular complexity index is 1570. The van der Waals surface area contributed by atoms with Crippen LogP contribution in [0.2, 0.25) is 5.02 Å². The van der Waals surface area contributed by atoms with E-state index in [1.54, 1.807) is 30.3 Å². The lowest BCUT2D eigenvalue weighted by Crippen LogP contribution is -2.13. The number of nitrogens with zero attached hydrogens (tertiary/aromatic N) is 2. The molecule has 0 saturated heterocycles. The van der Waals surface area contributed by atoms with Gasteiger partial charge in [0.15, 0.2) is 5.76 Å². The maximum absolute atomic E-state index is 12.9. The molecule has 0 unspecified atom stereocenters. The van der Waals surface area contributed by atoms with Gasteiger partial charge in [0.05, 0.1) is 5.39 Å². The Morgan fingerprint density at radius 2 is 1.76 bits per heavy atom. The van der Waals surface area contributed by atoms with E-state index in [2.05, 4.69) is 10.5 Å². The summed E-state index contributed by atoms with van der Waals surface area (Å²) in [7, 11) is 0. The van der Waals surface area contributed by atoms with Crippen molar-refractivity contribution in [3.63, 3.8) is 0 Å². The van der Waals surface area contributed by atoms with Gasteiger partial charge >= 0.3 is 0 Å². The minimum absolute atomic E-state index is 0.00761. The van der Waals surface area contributed by atoms with E-state index in [-0.39, 0.29) is 5.57 Å². The third kappa shape index (κ3) is 4.08. The third-order valence-corrected chi connectivity index (χ3v) is 5.57. The lowest BCUT2D eigenvalue weighted by molar-refractivity contribution is -0.112. The first-order valence-corrected chi connectivity index (χ1v) is 10.6. The molecule has 5 aromatic rings. The van der Waals surface area contributed by atoms with Crippen molar-refractivity contribution in [2.24, 2.45) is 0 Å². The molecule has 1 aromatic heterocycles. The van der Waals surface area contributed by atoms with Crippen LogP contribution >= 0.6 is 11.6 Å². The highest BCUT2D eigenvalue weighted by Crippen LogP contribution is 2.31. The zero-order chi connectivity index (χ0) is 22.8. The zero-order valence-corrected chi connectivity index (χ0v) is 18.0. The fourth-order valence-electron chi connectivity index (χ4n) is 3.70. The van der Waals surface area contributed by atoms with Crippen LogP contribution in [0.5, 0.6) is 0 Å². The van der Waals surface area contributed by atoms with Crippen molar-refractivity contribution >= 4 is 50.9 Å². The van der Waals surface area contributed by atoms with Gasteiger partial charge in [-0.05, 0) is 59.5 Å². The van der Waals surface area contributed by atoms with Crippen LogP contribution < -0.4 is 5.32 Å². The minimum atomic E-state index is -0.475. The quantitative estimate of drug-likeness (QED) is 0.240. The number of benzene rings is 4. The molecule has 0 aliphatic heterocycles. The summed E-state index contributed by atoms with van der Waals surface area (Å²) >= 11 is 5.99. The molecule has 5 rings (SSSR count). The van der Waals surface area contributed by atoms with Gasteiger partial charge in [0, 0.05) is 21.7 Å². The lowest BCUT2D eigenvalue weighted by atomic mass is 10.0. The number of nitriles is 1. The lowest BCUT2D eigenvalue weighted by Gasteiger charge is -2.08. The second-order valence-electron chi connectivity index (χ2n) is 7.45. The molecule has 0 spiro atoms. The Balaban J connectivity index is 1.48. The number of rotatable bonds is 4. The van der Waals surface area contributed by atoms with Gasteiger partial charge in [-0.25, -0.2) is 0 Å². The second-order valence-corrected chi connectivity index (χ2v) is 7.88. The van der Waals surface area contributed by atoms with Gasteiger partial charge < -0.3 is 9.84 Å². The molecule has 0 atom stereocenters. The minimum Gasteiger partial charge on any atom is -0.355 e. The van der Waals surface area contributed by atoms with Crippen molar-refractivity contribution in [2.75, 3.05) is 5.32 Å². The topological polar surface area (TPSA) is 78.9 Å². The zero-order valence-electron chi connectivity index (χ0n) is 17.2. The van der Waals surface area contributed by atoms with Crippen LogP contribution in [-0.4, -0.2) is 11.1 Å². The summed E-state index contributed by atoms with van der Waals surface area (Å²) in [5.74, 6) is 0.118. The average Bonchev–Trinajstić information content (AvgIpc) is 3.26. The maximum atomic E-state index is 12.9. The maximum Gasteiger partial charge on any atom is 0.266 e. The Labute approximate surface area is 194 Å². The van der Waals surface area contributed by atoms with E-state index < -0.39 is 5.91 Å². The van der Waals surface area contributed by atoms with Gasteiger partial charge in [-0.3, -0.25) is 4.79 Å². The van der Waals surface area contributed by atoms with Crippen molar-refractivity contribution < 1.29 is 9.32 Å². The number of nitrogens with one attached hydrogen (secondary N) is 1. The molecule has 4 aromatic carbocycles. The predicted octanol–water partition coefficient (Wildman–Crippen LogP) is 6.85. The normalized spacial score (nSPS) is 11.5. The highest BCUT2D eigenvalue weighted by molar-refractivity contribution is 6.30. The van der Waals surface area contributed by atoms with E-state index in [0.29, 0.717) is 27.6 Å². The molecule has 5 nitrogen and oxygen atoms in total. The fourth-order valence-corrected chi connectivity index (χ4v) is 3.82. The monoisotopic (exact) mass is 449 g/mol. The highest BCUT2D eigenvalue weighted by atomic mass is 35.5. The molecule has 1 amide bonds. The van der Waals surface area contributed by atoms with Gasteiger partial charge in [-0.1, -0.05) is 59.2 Å². The standard InChI is InChI=1S/C27H16ClN3O2/c28-21-11-9-19(10-12-21)26-23-15-17(8-13-25(23)31-33-26)14-20(16-29)27(32)30-24-7-3-5-18-4-1-2-6-22(18)24/h1-15H,(H,30,32)/b20-14+. The number of hydrogen-bond donors (Lipinski definition) is 1. The SMILES string of the molecule is N#C/C(=C\c1ccc2noc(-c3ccc(Cl)cc3)c2c1)C(=O)Nc1cccc2ccccc12. The Morgan fingerprint density at radius 1 is 0.970 bits per heavy atom. The summed E-state index contributed by atoms with van der Waals surface area (Å²) in [5, 5.41) is 19.9. The highest BCUT2D eigenvalue weighted by Gasteiger charge is 2.14. The summed E-state index contributed by atoms with van der Waals surface area (Å²) in [4.78, 5) is 12.9. The van der Waals surface area contributed by atoms with Crippen LogP contribution in [0.1, 0.15) is 5.56 Å². The van der Waals surface area contributed by atoms with E-state index in [4.69, 9.17) is 16.1 Å². The third-order valence-electron chi connectivity index (χ3n) is 5.32. The molecular weight excluding hydrogens is 434 g/mol. The number of anilines is 1. The van der Waals surface area contributed by atoms with Gasteiger partial charge in [0.2, 0.25) is 0 Å². The summed E-state index contributed by atoms with van der Waals surface area (Å²) in [6.45, 7) is 0. The number of fused-ring (bicyclic) bond motifs is 2. The van der Waals surface area contributed by atoms with Crippen molar-refractivity contribution in [2.45, 2.75) is 0 Å². The molecule has 0 aliphatic rings. The van der Waals surface area contributed by atoms with Crippen LogP contribution in [-0.2, 0) is 4.79 Å². The van der Waals surface area contributed by atoms with Gasteiger partial charge in [-0.2, -0.15) is 5.26 Å². The van der Waals surface area contributed by atoms with Crippen LogP contribution in [0, 0.1) is 11.3 Å². The summed E-state index contributed by atoms with van der Waals surface area (Å²) in [6.07, 6.45) is 1.55. The average molecular weight is 450 g/mol. The summed E-state index contributed by atoms with van der Waals surface area (Å²) in [6, 6.07) is 28.1. The van der Waals surface area contributed by atoms with Gasteiger partial charge in [0.1, 0.15) is 17.2 Å². The van der Waals surface area contributed by atoms with Gasteiger partial charge in [-0.15, -0.1) is 0 Å². The number of carbonyl (C=O) groups is 1. The number of halogens is 1. The Hall–Kier alpha value is -4.40. The molecule has 0 aliphatic carbocycles. The molecule has 1 N–H and O–H groups in total. The molecule has 0 radical (unpaired) electrons. The Morgan fingerprint density at radius 3 is 2.58 bits per heavy atom. The fraction of sp³-hybridized carbons (Fsp3) is 0. The largest absolute Gasteiger partial charge is 0.355 e. The Kier molecular flexibility index (Phi) is 5.35. The molecule has 33 heavy (non-hydrogen) atoms. The molecule has 1 heterocycles. The van der Waals surface area contributed by atoms with Gasteiger partial charge in [0.25, 0.3) is 5.91 Å². The molecule has 0 fully saturated rings. The second kappa shape index (κ2) is 8.62. The van der Waals surface area contributed by atoms with E-state index in [0.717, 1.165) is 21.7 Å². The number of carbonyl (C=O) groups excluding carboxylic acids is 1. The molecule has 158 valence electrons. The first-order valence-electron chi connectivity index (χ1n) is 10.2. The number of amides is 1. The van der Waals surface area contributed by atoms with Crippen LogP contribution in [0.4, 0.5) is 5.69 Å². The first kappa shape index (κ1) is 20.5. The van der Waals surface area contributed by atoms with E-state index in [9.17, 15) is 10.1 Å².